The lowest BCUT2D eigenvalue weighted by molar-refractivity contribution is 0.905. The van der Waals surface area contributed by atoms with E-state index >= 15 is 0 Å². The molecular weight excluding hydrogens is 180 g/mol. The number of nitrogens with one attached hydrogen (secondary N) is 1. The molecule has 0 aromatic carbocycles. The van der Waals surface area contributed by atoms with E-state index in [0.717, 1.165) is 0 Å². The lowest BCUT2D eigenvalue weighted by Gasteiger charge is -2.00. The predicted molar refractivity (Wildman–Crippen MR) is 50.2 cm³/mol. The molecule has 0 saturated carbocycles. The third-order valence-corrected chi connectivity index (χ3v) is 1.70. The fourth-order valence-corrected chi connectivity index (χ4v) is 1.00. The average molecular weight is 188 g/mol. The van der Waals surface area contributed by atoms with Crippen molar-refractivity contribution < 1.29 is 0 Å². The molecule has 14 heavy (non-hydrogen) atoms. The van der Waals surface area contributed by atoms with Gasteiger partial charge in [0.25, 0.3) is 0 Å². The lowest BCUT2D eigenvalue weighted by Crippen LogP contribution is -2.14. The van der Waals surface area contributed by atoms with Gasteiger partial charge in [-0.1, -0.05) is 0 Å². The van der Waals surface area contributed by atoms with Gasteiger partial charge in [-0.25, -0.2) is 4.98 Å². The monoisotopic (exact) mass is 188 g/mol. The Hall–Kier alpha value is -2.24. The summed E-state index contributed by atoms with van der Waals surface area (Å²) in [5, 5.41) is 14.8. The number of rotatable bonds is 2. The average Bonchev–Trinajstić information content (AvgIpc) is 2.71. The minimum atomic E-state index is -0.0883. The molecule has 2 aromatic rings. The highest BCUT2D eigenvalue weighted by molar-refractivity contribution is 5.92. The molecule has 0 fully saturated rings. The Bertz CT molecular complexity index is 429. The molecule has 0 aliphatic heterocycles. The Balaban J connectivity index is 2.36. The summed E-state index contributed by atoms with van der Waals surface area (Å²) in [6, 6.07) is 3.37. The summed E-state index contributed by atoms with van der Waals surface area (Å²) < 4.78 is 1.72. The molecule has 70 valence electrons. The van der Waals surface area contributed by atoms with Crippen molar-refractivity contribution in [2.45, 2.75) is 0 Å². The number of aromatic nitrogens is 4. The largest absolute Gasteiger partial charge is 0.382 e. The van der Waals surface area contributed by atoms with Gasteiger partial charge in [-0.3, -0.25) is 9.98 Å². The number of amidine groups is 1. The van der Waals surface area contributed by atoms with Crippen molar-refractivity contribution in [3.05, 3.63) is 36.5 Å². The van der Waals surface area contributed by atoms with Crippen LogP contribution in [-0.2, 0) is 0 Å². The Morgan fingerprint density at radius 2 is 2.21 bits per heavy atom. The highest BCUT2D eigenvalue weighted by atomic mass is 15.2. The van der Waals surface area contributed by atoms with Crippen LogP contribution in [0, 0.1) is 5.41 Å². The third kappa shape index (κ3) is 1.45. The first-order valence-corrected chi connectivity index (χ1v) is 3.94. The van der Waals surface area contributed by atoms with E-state index in [9.17, 15) is 0 Å². The van der Waals surface area contributed by atoms with E-state index in [0.29, 0.717) is 11.5 Å². The lowest BCUT2D eigenvalue weighted by atomic mass is 10.3. The Kier molecular flexibility index (Phi) is 1.94. The summed E-state index contributed by atoms with van der Waals surface area (Å²) >= 11 is 0. The van der Waals surface area contributed by atoms with Crippen molar-refractivity contribution in [2.75, 3.05) is 0 Å². The Morgan fingerprint density at radius 3 is 2.71 bits per heavy atom. The summed E-state index contributed by atoms with van der Waals surface area (Å²) in [6.07, 6.45) is 5.04. The zero-order valence-electron chi connectivity index (χ0n) is 7.25. The first-order valence-electron chi connectivity index (χ1n) is 3.94. The zero-order chi connectivity index (χ0) is 9.97. The molecular formula is C8H8N6. The highest BCUT2D eigenvalue weighted by Crippen LogP contribution is 2.01. The van der Waals surface area contributed by atoms with E-state index in [1.54, 1.807) is 35.4 Å². The second-order valence-electron chi connectivity index (χ2n) is 2.66. The van der Waals surface area contributed by atoms with Gasteiger partial charge >= 0.3 is 0 Å². The Labute approximate surface area is 79.9 Å². The fourth-order valence-electron chi connectivity index (χ4n) is 1.00. The van der Waals surface area contributed by atoms with Gasteiger partial charge in [0.2, 0.25) is 0 Å². The second-order valence-corrected chi connectivity index (χ2v) is 2.66. The van der Waals surface area contributed by atoms with Crippen molar-refractivity contribution in [3.8, 4) is 5.82 Å². The summed E-state index contributed by atoms with van der Waals surface area (Å²) in [7, 11) is 0. The number of nitrogens with zero attached hydrogens (tertiary/aromatic N) is 4. The molecule has 0 saturated heterocycles. The zero-order valence-corrected chi connectivity index (χ0v) is 7.25. The van der Waals surface area contributed by atoms with Crippen LogP contribution in [0.15, 0.2) is 30.9 Å². The molecule has 0 radical (unpaired) electrons. The van der Waals surface area contributed by atoms with Crippen LogP contribution in [0.3, 0.4) is 0 Å². The second kappa shape index (κ2) is 3.25. The van der Waals surface area contributed by atoms with Gasteiger partial charge < -0.3 is 5.73 Å². The van der Waals surface area contributed by atoms with Gasteiger partial charge in [0.1, 0.15) is 17.9 Å². The summed E-state index contributed by atoms with van der Waals surface area (Å²) in [5.41, 5.74) is 5.61. The normalized spacial score (nSPS) is 10.0. The standard InChI is InChI=1S/C8H8N6/c9-8(10)6-1-2-7(13-12-6)14-4-3-11-5-14/h1-5H,(H3,9,10). The molecule has 3 N–H and O–H groups in total. The first kappa shape index (κ1) is 8.36. The topological polar surface area (TPSA) is 93.5 Å². The smallest absolute Gasteiger partial charge is 0.160 e. The molecule has 0 aliphatic carbocycles. The maximum absolute atomic E-state index is 7.14. The van der Waals surface area contributed by atoms with Crippen LogP contribution in [0.2, 0.25) is 0 Å². The maximum Gasteiger partial charge on any atom is 0.160 e. The summed E-state index contributed by atoms with van der Waals surface area (Å²) in [6.45, 7) is 0. The van der Waals surface area contributed by atoms with E-state index in [-0.39, 0.29) is 5.84 Å². The van der Waals surface area contributed by atoms with E-state index in [2.05, 4.69) is 15.2 Å². The van der Waals surface area contributed by atoms with Crippen LogP contribution < -0.4 is 5.73 Å². The summed E-state index contributed by atoms with van der Waals surface area (Å²) in [4.78, 5) is 3.88. The summed E-state index contributed by atoms with van der Waals surface area (Å²) in [5.74, 6) is 0.558. The molecule has 2 aromatic heterocycles. The van der Waals surface area contributed by atoms with E-state index in [4.69, 9.17) is 11.1 Å². The molecule has 6 heteroatoms. The van der Waals surface area contributed by atoms with Crippen molar-refractivity contribution in [3.63, 3.8) is 0 Å². The molecule has 0 bridgehead atoms. The van der Waals surface area contributed by atoms with Crippen LogP contribution in [0.25, 0.3) is 5.82 Å². The van der Waals surface area contributed by atoms with Crippen molar-refractivity contribution in [1.82, 2.24) is 19.7 Å². The molecule has 0 amide bonds. The van der Waals surface area contributed by atoms with Gasteiger partial charge in [-0.2, -0.15) is 0 Å². The molecule has 2 rings (SSSR count). The molecule has 0 unspecified atom stereocenters. The van der Waals surface area contributed by atoms with Crippen molar-refractivity contribution in [1.29, 1.82) is 5.41 Å². The van der Waals surface area contributed by atoms with E-state index in [1.807, 2.05) is 0 Å². The van der Waals surface area contributed by atoms with Crippen LogP contribution in [0.1, 0.15) is 5.69 Å². The minimum Gasteiger partial charge on any atom is -0.382 e. The highest BCUT2D eigenvalue weighted by Gasteiger charge is 2.00. The first-order chi connectivity index (χ1) is 6.77. The predicted octanol–water partition coefficient (Wildman–Crippen LogP) is -0.0536. The number of nitrogens with two attached hydrogens (primary N) is 1. The molecule has 0 spiro atoms. The number of nitrogen functional groups attached to an aromatic ring is 1. The number of imidazole rings is 1. The molecule has 6 nitrogen and oxygen atoms in total. The van der Waals surface area contributed by atoms with E-state index < -0.39 is 0 Å². The molecule has 0 aliphatic rings. The van der Waals surface area contributed by atoms with Crippen molar-refractivity contribution in [2.24, 2.45) is 5.73 Å². The number of hydrogen-bond donors (Lipinski definition) is 2. The van der Waals surface area contributed by atoms with Gasteiger partial charge in [-0.15, -0.1) is 10.2 Å². The van der Waals surface area contributed by atoms with Gasteiger partial charge in [0.05, 0.1) is 0 Å². The minimum absolute atomic E-state index is 0.0883. The molecule has 2 heterocycles. The maximum atomic E-state index is 7.14. The van der Waals surface area contributed by atoms with Crippen LogP contribution >= 0.6 is 0 Å². The van der Waals surface area contributed by atoms with Gasteiger partial charge in [-0.05, 0) is 12.1 Å². The van der Waals surface area contributed by atoms with Crippen LogP contribution in [0.5, 0.6) is 0 Å². The quantitative estimate of drug-likeness (QED) is 0.510. The third-order valence-electron chi connectivity index (χ3n) is 1.70. The van der Waals surface area contributed by atoms with Gasteiger partial charge in [0.15, 0.2) is 5.82 Å². The van der Waals surface area contributed by atoms with Crippen molar-refractivity contribution >= 4 is 5.84 Å². The van der Waals surface area contributed by atoms with Crippen LogP contribution in [-0.4, -0.2) is 25.6 Å². The Morgan fingerprint density at radius 1 is 1.36 bits per heavy atom. The SMILES string of the molecule is N=C(N)c1ccc(-n2ccnc2)nn1. The van der Waals surface area contributed by atoms with Crippen LogP contribution in [0.4, 0.5) is 0 Å². The fraction of sp³-hybridized carbons (Fsp3) is 0. The van der Waals surface area contributed by atoms with Gasteiger partial charge in [0, 0.05) is 12.4 Å². The number of hydrogen-bond acceptors (Lipinski definition) is 4. The van der Waals surface area contributed by atoms with E-state index in [1.165, 1.54) is 0 Å². The molecule has 0 atom stereocenters.